The van der Waals surface area contributed by atoms with Crippen LogP contribution in [0.25, 0.3) is 0 Å². The molecule has 27 heavy (non-hydrogen) atoms. The van der Waals surface area contributed by atoms with Crippen molar-refractivity contribution in [2.45, 2.75) is 39.5 Å². The molecule has 150 valence electrons. The fraction of sp³-hybridized carbons (Fsp3) is 0.500. The van der Waals surface area contributed by atoms with Gasteiger partial charge >= 0.3 is 0 Å². The van der Waals surface area contributed by atoms with Crippen LogP contribution in [0, 0.1) is 6.92 Å². The third-order valence-corrected chi connectivity index (χ3v) is 5.13. The van der Waals surface area contributed by atoms with Crippen LogP contribution in [-0.2, 0) is 6.42 Å². The molecule has 0 saturated carbocycles. The van der Waals surface area contributed by atoms with Crippen molar-refractivity contribution in [3.63, 3.8) is 0 Å². The molecule has 2 rings (SSSR count). The number of nitrogens with one attached hydrogen (secondary N) is 2. The molecule has 0 amide bonds. The number of halogens is 1. The molecular weight excluding hydrogens is 471 g/mol. The molecule has 0 bridgehead atoms. The fourth-order valence-corrected chi connectivity index (χ4v) is 3.40. The number of rotatable bonds is 9. The van der Waals surface area contributed by atoms with Gasteiger partial charge in [-0.1, -0.05) is 19.1 Å². The second-order valence-corrected chi connectivity index (χ2v) is 7.58. The summed E-state index contributed by atoms with van der Waals surface area (Å²) in [5.74, 6) is 2.24. The van der Waals surface area contributed by atoms with Gasteiger partial charge in [-0.3, -0.25) is 4.99 Å². The van der Waals surface area contributed by atoms with Gasteiger partial charge in [-0.25, -0.2) is 4.98 Å². The minimum absolute atomic E-state index is 0. The molecule has 1 aromatic carbocycles. The summed E-state index contributed by atoms with van der Waals surface area (Å²) in [5, 5.41) is 7.87. The molecule has 5 nitrogen and oxygen atoms in total. The highest BCUT2D eigenvalue weighted by Gasteiger charge is 2.06. The van der Waals surface area contributed by atoms with Crippen LogP contribution in [0.4, 0.5) is 0 Å². The first-order valence-corrected chi connectivity index (χ1v) is 10.0. The van der Waals surface area contributed by atoms with E-state index in [9.17, 15) is 0 Å². The van der Waals surface area contributed by atoms with Crippen molar-refractivity contribution in [3.8, 4) is 5.75 Å². The van der Waals surface area contributed by atoms with Crippen molar-refractivity contribution in [1.82, 2.24) is 15.6 Å². The molecule has 2 aromatic rings. The van der Waals surface area contributed by atoms with Crippen molar-refractivity contribution in [3.05, 3.63) is 45.9 Å². The molecule has 0 saturated heterocycles. The summed E-state index contributed by atoms with van der Waals surface area (Å²) >= 11 is 1.75. The van der Waals surface area contributed by atoms with Gasteiger partial charge in [0.05, 0.1) is 12.1 Å². The minimum Gasteiger partial charge on any atom is -0.497 e. The second-order valence-electron chi connectivity index (χ2n) is 6.26. The average Bonchev–Trinajstić information content (AvgIpc) is 3.07. The Kier molecular flexibility index (Phi) is 11.3. The van der Waals surface area contributed by atoms with E-state index < -0.39 is 0 Å². The molecule has 1 atom stereocenters. The molecule has 0 aliphatic rings. The molecular formula is C20H31IN4OS. The normalized spacial score (nSPS) is 12.2. The molecule has 2 N–H and O–H groups in total. The SMILES string of the molecule is CCNC(=NCCC(C)c1ccc(OC)cc1)NCCc1ncc(C)s1.I. The Morgan fingerprint density at radius 1 is 1.26 bits per heavy atom. The molecule has 0 aliphatic heterocycles. The first-order chi connectivity index (χ1) is 12.6. The summed E-state index contributed by atoms with van der Waals surface area (Å²) < 4.78 is 5.22. The Balaban J connectivity index is 0.00000364. The number of thiazole rings is 1. The zero-order chi connectivity index (χ0) is 18.8. The first-order valence-electron chi connectivity index (χ1n) is 9.19. The third-order valence-electron chi connectivity index (χ3n) is 4.16. The maximum atomic E-state index is 5.22. The van der Waals surface area contributed by atoms with Crippen LogP contribution in [-0.4, -0.2) is 37.7 Å². The number of hydrogen-bond acceptors (Lipinski definition) is 4. The Morgan fingerprint density at radius 2 is 2.00 bits per heavy atom. The highest BCUT2D eigenvalue weighted by Crippen LogP contribution is 2.21. The number of guanidine groups is 1. The largest absolute Gasteiger partial charge is 0.497 e. The number of aromatic nitrogens is 1. The Labute approximate surface area is 184 Å². The van der Waals surface area contributed by atoms with Crippen LogP contribution in [0.5, 0.6) is 5.75 Å². The van der Waals surface area contributed by atoms with Gasteiger partial charge in [0.2, 0.25) is 0 Å². The number of aliphatic imine (C=N–C) groups is 1. The lowest BCUT2D eigenvalue weighted by Gasteiger charge is -2.13. The maximum Gasteiger partial charge on any atom is 0.191 e. The minimum atomic E-state index is 0. The van der Waals surface area contributed by atoms with Gasteiger partial charge < -0.3 is 15.4 Å². The fourth-order valence-electron chi connectivity index (χ4n) is 2.62. The number of aryl methyl sites for hydroxylation is 1. The molecule has 0 spiro atoms. The predicted octanol–water partition coefficient (Wildman–Crippen LogP) is 4.37. The Hall–Kier alpha value is -1.35. The van der Waals surface area contributed by atoms with Crippen LogP contribution in [0.15, 0.2) is 35.5 Å². The van der Waals surface area contributed by atoms with Crippen molar-refractivity contribution in [2.75, 3.05) is 26.7 Å². The van der Waals surface area contributed by atoms with E-state index in [0.29, 0.717) is 5.92 Å². The molecule has 1 unspecified atom stereocenters. The van der Waals surface area contributed by atoms with E-state index in [4.69, 9.17) is 9.73 Å². The van der Waals surface area contributed by atoms with Crippen molar-refractivity contribution >= 4 is 41.3 Å². The molecule has 7 heteroatoms. The van der Waals surface area contributed by atoms with Gasteiger partial charge in [0.25, 0.3) is 0 Å². The highest BCUT2D eigenvalue weighted by atomic mass is 127. The van der Waals surface area contributed by atoms with Gasteiger partial charge in [0.1, 0.15) is 5.75 Å². The van der Waals surface area contributed by atoms with Gasteiger partial charge in [-0.15, -0.1) is 35.3 Å². The van der Waals surface area contributed by atoms with Gasteiger partial charge in [0.15, 0.2) is 5.96 Å². The van der Waals surface area contributed by atoms with Crippen LogP contribution < -0.4 is 15.4 Å². The quantitative estimate of drug-likeness (QED) is 0.304. The van der Waals surface area contributed by atoms with E-state index in [1.54, 1.807) is 18.4 Å². The molecule has 0 fully saturated rings. The summed E-state index contributed by atoms with van der Waals surface area (Å²) in [7, 11) is 1.69. The van der Waals surface area contributed by atoms with Gasteiger partial charge in [0, 0.05) is 37.1 Å². The van der Waals surface area contributed by atoms with E-state index in [-0.39, 0.29) is 24.0 Å². The molecule has 1 heterocycles. The van der Waals surface area contributed by atoms with Gasteiger partial charge in [-0.2, -0.15) is 0 Å². The Morgan fingerprint density at radius 3 is 2.59 bits per heavy atom. The lowest BCUT2D eigenvalue weighted by Crippen LogP contribution is -2.38. The summed E-state index contributed by atoms with van der Waals surface area (Å²) in [4.78, 5) is 10.4. The topological polar surface area (TPSA) is 58.5 Å². The van der Waals surface area contributed by atoms with Crippen LogP contribution in [0.3, 0.4) is 0 Å². The van der Waals surface area contributed by atoms with Crippen molar-refractivity contribution < 1.29 is 4.74 Å². The third kappa shape index (κ3) is 8.47. The second kappa shape index (κ2) is 12.9. The number of methoxy groups -OCH3 is 1. The molecule has 0 aliphatic carbocycles. The first kappa shape index (κ1) is 23.7. The lowest BCUT2D eigenvalue weighted by molar-refractivity contribution is 0.414. The van der Waals surface area contributed by atoms with Crippen LogP contribution >= 0.6 is 35.3 Å². The lowest BCUT2D eigenvalue weighted by atomic mass is 9.98. The summed E-state index contributed by atoms with van der Waals surface area (Å²) in [6.45, 7) is 8.90. The number of nitrogens with zero attached hydrogens (tertiary/aromatic N) is 2. The zero-order valence-electron chi connectivity index (χ0n) is 16.6. The van der Waals surface area contributed by atoms with E-state index >= 15 is 0 Å². The van der Waals surface area contributed by atoms with E-state index in [2.05, 4.69) is 48.5 Å². The zero-order valence-corrected chi connectivity index (χ0v) is 19.8. The number of hydrogen-bond donors (Lipinski definition) is 2. The Bertz CT molecular complexity index is 688. The van der Waals surface area contributed by atoms with E-state index in [1.165, 1.54) is 15.4 Å². The standard InChI is InChI=1S/C20H30N4OS.HI/c1-5-21-20(23-13-11-19-24-14-16(3)26-19)22-12-10-15(2)17-6-8-18(25-4)9-7-17;/h6-9,14-15H,5,10-13H2,1-4H3,(H2,21,22,23);1H. The summed E-state index contributed by atoms with van der Waals surface area (Å²) in [6, 6.07) is 8.29. The van der Waals surface area contributed by atoms with E-state index in [1.807, 2.05) is 18.3 Å². The van der Waals surface area contributed by atoms with Crippen LogP contribution in [0.1, 0.15) is 41.6 Å². The molecule has 1 aromatic heterocycles. The predicted molar refractivity (Wildman–Crippen MR) is 126 cm³/mol. The summed E-state index contributed by atoms with van der Waals surface area (Å²) in [6.07, 6.45) is 3.86. The van der Waals surface area contributed by atoms with Crippen LogP contribution in [0.2, 0.25) is 0 Å². The highest BCUT2D eigenvalue weighted by molar-refractivity contribution is 14.0. The average molecular weight is 502 g/mol. The molecule has 0 radical (unpaired) electrons. The number of ether oxygens (including phenoxy) is 1. The van der Waals surface area contributed by atoms with Gasteiger partial charge in [-0.05, 0) is 43.9 Å². The van der Waals surface area contributed by atoms with Crippen molar-refractivity contribution in [1.29, 1.82) is 0 Å². The van der Waals surface area contributed by atoms with E-state index in [0.717, 1.165) is 44.2 Å². The van der Waals surface area contributed by atoms with Crippen molar-refractivity contribution in [2.24, 2.45) is 4.99 Å². The maximum absolute atomic E-state index is 5.22. The monoisotopic (exact) mass is 502 g/mol. The summed E-state index contributed by atoms with van der Waals surface area (Å²) in [5.41, 5.74) is 1.32. The smallest absolute Gasteiger partial charge is 0.191 e. The number of benzene rings is 1.